The predicted octanol–water partition coefficient (Wildman–Crippen LogP) is 4.31. The van der Waals surface area contributed by atoms with E-state index in [0.717, 1.165) is 12.1 Å². The van der Waals surface area contributed by atoms with Gasteiger partial charge >= 0.3 is 148 Å². The van der Waals surface area contributed by atoms with Crippen LogP contribution >= 0.6 is 0 Å². The second-order valence-electron chi connectivity index (χ2n) is 5.21. The average Bonchev–Trinajstić information content (AvgIpc) is 2.99. The first kappa shape index (κ1) is 17.0. The van der Waals surface area contributed by atoms with E-state index < -0.39 is 32.1 Å². The van der Waals surface area contributed by atoms with E-state index in [0.29, 0.717) is 27.0 Å². The summed E-state index contributed by atoms with van der Waals surface area (Å²) in [5.41, 5.74) is 2.27. The summed E-state index contributed by atoms with van der Waals surface area (Å²) in [6, 6.07) is 8.43. The monoisotopic (exact) mass is 404 g/mol. The number of hydrogen-bond donors (Lipinski definition) is 1. The molecule has 0 fully saturated rings. The van der Waals surface area contributed by atoms with Gasteiger partial charge in [0.2, 0.25) is 0 Å². The molecule has 0 aliphatic carbocycles. The summed E-state index contributed by atoms with van der Waals surface area (Å²) in [6.07, 6.45) is 0. The third kappa shape index (κ3) is 3.22. The molecule has 1 N–H and O–H groups in total. The Balaban J connectivity index is 2.09. The van der Waals surface area contributed by atoms with Crippen LogP contribution in [0, 0.1) is 25.1 Å². The quantitative estimate of drug-likeness (QED) is 0.524. The van der Waals surface area contributed by atoms with E-state index in [1.807, 2.05) is 0 Å². The molecular formula is C18H10F2N2O2Se. The summed E-state index contributed by atoms with van der Waals surface area (Å²) in [5.74, 6) is -2.91. The molecule has 3 rings (SSSR count). The van der Waals surface area contributed by atoms with Crippen molar-refractivity contribution < 1.29 is 18.7 Å². The van der Waals surface area contributed by atoms with Gasteiger partial charge in [-0.15, -0.1) is 0 Å². The Hall–Kier alpha value is -2.81. The molecule has 1 heterocycles. The predicted molar refractivity (Wildman–Crippen MR) is 89.9 cm³/mol. The van der Waals surface area contributed by atoms with Gasteiger partial charge < -0.3 is 0 Å². The van der Waals surface area contributed by atoms with Crippen LogP contribution in [0.15, 0.2) is 36.4 Å². The van der Waals surface area contributed by atoms with E-state index in [4.69, 9.17) is 11.7 Å². The summed E-state index contributed by atoms with van der Waals surface area (Å²) < 4.78 is 27.5. The van der Waals surface area contributed by atoms with Crippen LogP contribution in [-0.4, -0.2) is 30.6 Å². The average molecular weight is 403 g/mol. The van der Waals surface area contributed by atoms with Crippen LogP contribution in [0.5, 0.6) is 0 Å². The van der Waals surface area contributed by atoms with Gasteiger partial charge in [-0.25, -0.2) is 0 Å². The van der Waals surface area contributed by atoms with Crippen molar-refractivity contribution in [2.75, 3.05) is 0 Å². The van der Waals surface area contributed by atoms with E-state index >= 15 is 0 Å². The maximum atomic E-state index is 13.5. The van der Waals surface area contributed by atoms with Gasteiger partial charge in [0, 0.05) is 0 Å². The number of nitrogens with zero attached hydrogens (tertiary/aromatic N) is 2. The summed E-state index contributed by atoms with van der Waals surface area (Å²) in [7, 11) is 0. The Bertz CT molecular complexity index is 1040. The fraction of sp³-hybridized carbons (Fsp3) is 0.0556. The summed E-state index contributed by atoms with van der Waals surface area (Å²) in [4.78, 5) is 18.9. The van der Waals surface area contributed by atoms with Gasteiger partial charge in [0.25, 0.3) is 0 Å². The molecule has 0 atom stereocenters. The molecule has 0 aliphatic rings. The number of carbonyl (C=O) groups is 1. The van der Waals surface area contributed by atoms with Crippen LogP contribution in [0.2, 0.25) is 0 Å². The van der Waals surface area contributed by atoms with Crippen LogP contribution < -0.4 is 0 Å². The Labute approximate surface area is 148 Å². The third-order valence-corrected chi connectivity index (χ3v) is 6.09. The summed E-state index contributed by atoms with van der Waals surface area (Å²) in [5, 5.41) is 9.16. The first-order chi connectivity index (χ1) is 11.9. The zero-order valence-corrected chi connectivity index (χ0v) is 14.6. The van der Waals surface area contributed by atoms with Crippen molar-refractivity contribution >= 4 is 26.2 Å². The second-order valence-corrected chi connectivity index (χ2v) is 7.31. The standard InChI is InChI=1S/C18H10F2N2O2Se/c1-9-16(18(23)24)25-17(22-9)11-3-5-12(15(8-11)21-2)10-4-6-13(19)14(20)7-10/h3-8H,1H3,(H,23,24). The van der Waals surface area contributed by atoms with Gasteiger partial charge in [0.05, 0.1) is 0 Å². The normalized spacial score (nSPS) is 10.5. The Morgan fingerprint density at radius 1 is 1.16 bits per heavy atom. The minimum absolute atomic E-state index is 0.267. The first-order valence-corrected chi connectivity index (χ1v) is 8.80. The van der Waals surface area contributed by atoms with E-state index in [1.165, 1.54) is 6.07 Å². The van der Waals surface area contributed by atoms with Gasteiger partial charge in [0.1, 0.15) is 0 Å². The molecule has 25 heavy (non-hydrogen) atoms. The van der Waals surface area contributed by atoms with Crippen LogP contribution in [0.1, 0.15) is 14.9 Å². The number of rotatable bonds is 3. The summed E-state index contributed by atoms with van der Waals surface area (Å²) in [6.45, 7) is 9.01. The molecule has 0 saturated heterocycles. The molecule has 0 aliphatic heterocycles. The molecule has 0 unspecified atom stereocenters. The van der Waals surface area contributed by atoms with Crippen LogP contribution in [0.4, 0.5) is 14.5 Å². The molecule has 3 aromatic rings. The van der Waals surface area contributed by atoms with Crippen LogP contribution in [0.3, 0.4) is 0 Å². The Morgan fingerprint density at radius 3 is 2.48 bits per heavy atom. The molecule has 7 heteroatoms. The zero-order valence-electron chi connectivity index (χ0n) is 12.9. The van der Waals surface area contributed by atoms with Crippen molar-refractivity contribution in [2.45, 2.75) is 6.92 Å². The zero-order chi connectivity index (χ0) is 18.1. The molecule has 4 nitrogen and oxygen atoms in total. The van der Waals surface area contributed by atoms with E-state index in [9.17, 15) is 13.6 Å². The SMILES string of the molecule is [C-]#[N+]c1cc(-c2nc(C)c(C(=O)O)[se]2)ccc1-c1ccc(F)c(F)c1. The number of carboxylic acid groups (broad SMARTS) is 1. The van der Waals surface area contributed by atoms with Gasteiger partial charge in [0.15, 0.2) is 0 Å². The van der Waals surface area contributed by atoms with Gasteiger partial charge in [-0.05, 0) is 0 Å². The number of aryl methyl sites for hydroxylation is 1. The Kier molecular flexibility index (Phi) is 4.49. The van der Waals surface area contributed by atoms with Crippen molar-refractivity contribution in [1.82, 2.24) is 4.98 Å². The number of aromatic nitrogens is 1. The van der Waals surface area contributed by atoms with Crippen molar-refractivity contribution in [1.29, 1.82) is 0 Å². The van der Waals surface area contributed by atoms with Crippen molar-refractivity contribution in [2.24, 2.45) is 0 Å². The fourth-order valence-electron chi connectivity index (χ4n) is 2.38. The number of hydrogen-bond acceptors (Lipinski definition) is 2. The molecule has 0 spiro atoms. The number of benzene rings is 2. The van der Waals surface area contributed by atoms with E-state index in [1.54, 1.807) is 25.1 Å². The van der Waals surface area contributed by atoms with Gasteiger partial charge in [-0.2, -0.15) is 0 Å². The summed E-state index contributed by atoms with van der Waals surface area (Å²) >= 11 is -0.446. The molecule has 1 aromatic heterocycles. The first-order valence-electron chi connectivity index (χ1n) is 7.08. The molecule has 124 valence electrons. The number of carboxylic acids is 1. The second kappa shape index (κ2) is 6.59. The molecule has 0 amide bonds. The molecule has 0 saturated carbocycles. The van der Waals surface area contributed by atoms with Crippen LogP contribution in [-0.2, 0) is 0 Å². The molecule has 0 radical (unpaired) electrons. The van der Waals surface area contributed by atoms with E-state index in [-0.39, 0.29) is 10.1 Å². The van der Waals surface area contributed by atoms with Crippen LogP contribution in [0.25, 0.3) is 26.1 Å². The van der Waals surface area contributed by atoms with Crippen molar-refractivity contribution in [3.05, 3.63) is 69.6 Å². The number of halogens is 2. The molecule has 0 bridgehead atoms. The van der Waals surface area contributed by atoms with Crippen molar-refractivity contribution in [3.8, 4) is 21.3 Å². The fourth-order valence-corrected chi connectivity index (χ4v) is 4.27. The number of aromatic carboxylic acids is 1. The topological polar surface area (TPSA) is 54.5 Å². The Morgan fingerprint density at radius 2 is 1.88 bits per heavy atom. The maximum absolute atomic E-state index is 13.5. The third-order valence-electron chi connectivity index (χ3n) is 3.59. The van der Waals surface area contributed by atoms with E-state index in [2.05, 4.69) is 9.83 Å². The molecule has 2 aromatic carbocycles. The minimum atomic E-state index is -0.986. The van der Waals surface area contributed by atoms with Crippen molar-refractivity contribution in [3.63, 3.8) is 0 Å². The molecular weight excluding hydrogens is 393 g/mol. The van der Waals surface area contributed by atoms with Gasteiger partial charge in [-0.1, -0.05) is 0 Å². The van der Waals surface area contributed by atoms with Gasteiger partial charge in [-0.3, -0.25) is 0 Å².